The Balaban J connectivity index is 2.32. The predicted molar refractivity (Wildman–Crippen MR) is 115 cm³/mol. The van der Waals surface area contributed by atoms with Gasteiger partial charge in [-0.3, -0.25) is 4.79 Å². The Kier molecular flexibility index (Phi) is 7.67. The van der Waals surface area contributed by atoms with E-state index in [2.05, 4.69) is 0 Å². The summed E-state index contributed by atoms with van der Waals surface area (Å²) in [5.74, 6) is -8.96. The van der Waals surface area contributed by atoms with Crippen molar-refractivity contribution in [2.75, 3.05) is 5.32 Å². The van der Waals surface area contributed by atoms with E-state index >= 15 is 0 Å². The van der Waals surface area contributed by atoms with Gasteiger partial charge in [0.1, 0.15) is 4.90 Å². The maximum atomic E-state index is 14.9. The molecule has 3 aromatic rings. The molecule has 224 valence electrons. The van der Waals surface area contributed by atoms with Crippen LogP contribution >= 0.6 is 11.6 Å². The van der Waals surface area contributed by atoms with Crippen LogP contribution in [0.3, 0.4) is 0 Å². The number of benzene rings is 2. The van der Waals surface area contributed by atoms with Crippen LogP contribution in [-0.4, -0.2) is 38.1 Å². The number of nitrogens with zero attached hydrogens (tertiary/aromatic N) is 1. The van der Waals surface area contributed by atoms with Gasteiger partial charge in [0.05, 0.1) is 10.7 Å². The van der Waals surface area contributed by atoms with Crippen molar-refractivity contribution >= 4 is 43.9 Å². The number of pyridine rings is 1. The van der Waals surface area contributed by atoms with Gasteiger partial charge in [0, 0.05) is 28.6 Å². The molecule has 41 heavy (non-hydrogen) atoms. The highest BCUT2D eigenvalue weighted by Gasteiger charge is 2.82. The number of halogens is 13. The lowest BCUT2D eigenvalue weighted by Crippen LogP contribution is -2.59. The van der Waals surface area contributed by atoms with Gasteiger partial charge in [-0.25, -0.2) is 12.8 Å². The number of hydrogen-bond acceptors (Lipinski definition) is 4. The van der Waals surface area contributed by atoms with Crippen molar-refractivity contribution in [3.05, 3.63) is 70.0 Å². The molecule has 1 N–H and O–H groups in total. The van der Waals surface area contributed by atoms with Crippen LogP contribution in [0.4, 0.5) is 58.4 Å². The van der Waals surface area contributed by atoms with Gasteiger partial charge >= 0.3 is 29.5 Å². The molecule has 0 aliphatic rings. The molecule has 3 rings (SSSR count). The lowest BCUT2D eigenvalue weighted by molar-refractivity contribution is -0.577. The molecule has 0 aliphatic carbocycles. The fourth-order valence-corrected chi connectivity index (χ4v) is 4.75. The minimum absolute atomic E-state index is 0.216. The van der Waals surface area contributed by atoms with Gasteiger partial charge in [0.2, 0.25) is 5.52 Å². The molecule has 0 radical (unpaired) electrons. The highest BCUT2D eigenvalue weighted by atomic mass is 35.5. The van der Waals surface area contributed by atoms with Gasteiger partial charge in [-0.1, -0.05) is 11.6 Å². The number of sulfone groups is 1. The van der Waals surface area contributed by atoms with Gasteiger partial charge in [0.15, 0.2) is 6.20 Å². The summed E-state index contributed by atoms with van der Waals surface area (Å²) >= 11 is 5.50. The summed E-state index contributed by atoms with van der Waals surface area (Å²) in [7, 11) is -7.02. The summed E-state index contributed by atoms with van der Waals surface area (Å²) in [6.45, 7) is 0. The van der Waals surface area contributed by atoms with E-state index in [1.165, 1.54) is 17.4 Å². The van der Waals surface area contributed by atoms with Crippen LogP contribution < -0.4 is 10.0 Å². The number of aromatic nitrogens is 1. The van der Waals surface area contributed by atoms with Gasteiger partial charge in [-0.05, 0) is 30.3 Å². The van der Waals surface area contributed by atoms with E-state index < -0.39 is 84.1 Å². The molecule has 0 saturated carbocycles. The molecule has 1 aromatic heterocycles. The van der Waals surface area contributed by atoms with Crippen LogP contribution in [0, 0.1) is 5.21 Å². The molecule has 0 saturated heterocycles. The largest absolute Gasteiger partial charge is 0.618 e. The van der Waals surface area contributed by atoms with E-state index in [1.54, 1.807) is 0 Å². The fourth-order valence-electron chi connectivity index (χ4n) is 3.46. The highest BCUT2D eigenvalue weighted by Crippen LogP contribution is 2.59. The van der Waals surface area contributed by atoms with Crippen molar-refractivity contribution in [3.8, 4) is 0 Å². The summed E-state index contributed by atoms with van der Waals surface area (Å²) in [5.41, 5.74) is -18.9. The number of anilines is 1. The van der Waals surface area contributed by atoms with E-state index in [0.717, 1.165) is 24.4 Å². The minimum Gasteiger partial charge on any atom is -0.618 e. The molecule has 0 spiro atoms. The fraction of sp³-hybridized carbons (Fsp3) is 0.238. The number of rotatable bonds is 5. The molecule has 1 atom stereocenters. The third kappa shape index (κ3) is 5.20. The maximum absolute atomic E-state index is 14.9. The van der Waals surface area contributed by atoms with Crippen molar-refractivity contribution in [2.45, 2.75) is 34.3 Å². The first-order valence-electron chi connectivity index (χ1n) is 10.2. The van der Waals surface area contributed by atoms with Gasteiger partial charge < -0.3 is 10.5 Å². The van der Waals surface area contributed by atoms with Gasteiger partial charge in [0.25, 0.3) is 15.7 Å². The molecule has 20 heteroatoms. The Labute approximate surface area is 224 Å². The lowest BCUT2D eigenvalue weighted by atomic mass is 9.87. The number of hydrogen-bond donors (Lipinski definition) is 1. The average Bonchev–Trinajstić information content (AvgIpc) is 2.82. The molecular weight excluding hydrogens is 640 g/mol. The zero-order valence-corrected chi connectivity index (χ0v) is 20.6. The normalized spacial score (nSPS) is 15.0. The molecule has 1 heterocycles. The van der Waals surface area contributed by atoms with Crippen LogP contribution in [-0.2, 0) is 15.5 Å². The third-order valence-electron chi connectivity index (χ3n) is 5.49. The van der Waals surface area contributed by atoms with Crippen LogP contribution in [0.15, 0.2) is 53.6 Å². The lowest BCUT2D eigenvalue weighted by Gasteiger charge is -2.36. The average molecular weight is 649 g/mol. The number of nitrogens with one attached hydrogen (secondary N) is 1. The summed E-state index contributed by atoms with van der Waals surface area (Å²) < 4.78 is 186. The number of fused-ring (bicyclic) bond motifs is 1. The predicted octanol–water partition coefficient (Wildman–Crippen LogP) is 6.60. The monoisotopic (exact) mass is 648 g/mol. The number of alkyl halides is 12. The smallest absolute Gasteiger partial charge is 0.501 e. The highest BCUT2D eigenvalue weighted by molar-refractivity contribution is 7.92. The van der Waals surface area contributed by atoms with Crippen LogP contribution in [0.1, 0.15) is 15.9 Å². The third-order valence-corrected chi connectivity index (χ3v) is 7.30. The molecular formula is C21H9ClF12N2O4S. The van der Waals surface area contributed by atoms with E-state index in [1.807, 2.05) is 0 Å². The topological polar surface area (TPSA) is 90.2 Å². The van der Waals surface area contributed by atoms with E-state index in [9.17, 15) is 71.1 Å². The Morgan fingerprint density at radius 1 is 0.854 bits per heavy atom. The Morgan fingerprint density at radius 3 is 1.95 bits per heavy atom. The molecule has 1 amide bonds. The van der Waals surface area contributed by atoms with Gasteiger partial charge in [-0.2, -0.15) is 53.0 Å². The standard InChI is InChI=1S/C21H9ClF12N2O4S/c22-12-7-11(17(23,19(26,27)28)18(24,25)20(29,30)31)8-14(41(39,40)21(32,33)34)15(12)35-16(37)10-4-3-9-2-1-5-36(38)13(9)6-10/h1-8H,(H,35,37). The summed E-state index contributed by atoms with van der Waals surface area (Å²) in [6.07, 6.45) is -13.5. The summed E-state index contributed by atoms with van der Waals surface area (Å²) in [6, 6.07) is 3.84. The first kappa shape index (κ1) is 32.0. The van der Waals surface area contributed by atoms with E-state index in [0.29, 0.717) is 0 Å². The Morgan fingerprint density at radius 2 is 1.44 bits per heavy atom. The van der Waals surface area contributed by atoms with Crippen molar-refractivity contribution in [3.63, 3.8) is 0 Å². The molecule has 0 bridgehead atoms. The second kappa shape index (κ2) is 9.81. The van der Waals surface area contributed by atoms with Crippen molar-refractivity contribution in [1.82, 2.24) is 0 Å². The Bertz CT molecular complexity index is 1640. The Hall–Kier alpha value is -3.48. The molecule has 6 nitrogen and oxygen atoms in total. The first-order valence-corrected chi connectivity index (χ1v) is 12.0. The number of amides is 1. The SMILES string of the molecule is O=C(Nc1c(Cl)cc(C(F)(C(F)(F)F)C(F)(F)C(F)(F)F)cc1S(=O)(=O)C(F)(F)F)c1ccc2ccc[n+]([O-])c2c1. The molecule has 1 unspecified atom stereocenters. The second-order valence-corrected chi connectivity index (χ2v) is 10.4. The zero-order valence-electron chi connectivity index (χ0n) is 19.0. The number of carbonyl (C=O) groups excluding carboxylic acids is 1. The van der Waals surface area contributed by atoms with Gasteiger partial charge in [-0.15, -0.1) is 0 Å². The van der Waals surface area contributed by atoms with Crippen LogP contribution in [0.25, 0.3) is 10.9 Å². The van der Waals surface area contributed by atoms with Crippen molar-refractivity contribution in [2.24, 2.45) is 0 Å². The zero-order chi connectivity index (χ0) is 31.6. The summed E-state index contributed by atoms with van der Waals surface area (Å²) in [4.78, 5) is 10.1. The van der Waals surface area contributed by atoms with Crippen molar-refractivity contribution < 1.29 is 70.6 Å². The number of carbonyl (C=O) groups is 1. The van der Waals surface area contributed by atoms with E-state index in [-0.39, 0.29) is 15.6 Å². The molecule has 0 fully saturated rings. The van der Waals surface area contributed by atoms with Crippen LogP contribution in [0.5, 0.6) is 0 Å². The minimum atomic E-state index is -7.38. The first-order chi connectivity index (χ1) is 18.4. The van der Waals surface area contributed by atoms with E-state index in [4.69, 9.17) is 11.6 Å². The maximum Gasteiger partial charge on any atom is 0.501 e. The second-order valence-electron chi connectivity index (χ2n) is 8.07. The molecule has 2 aromatic carbocycles. The van der Waals surface area contributed by atoms with Crippen LogP contribution in [0.2, 0.25) is 5.02 Å². The molecule has 0 aliphatic heterocycles. The quantitative estimate of drug-likeness (QED) is 0.192. The summed E-state index contributed by atoms with van der Waals surface area (Å²) in [5, 5.41) is 11.8. The van der Waals surface area contributed by atoms with Crippen molar-refractivity contribution in [1.29, 1.82) is 0 Å².